The van der Waals surface area contributed by atoms with Crippen molar-refractivity contribution in [3.05, 3.63) is 44.9 Å². The molecule has 2 aromatic rings. The summed E-state index contributed by atoms with van der Waals surface area (Å²) in [4.78, 5) is 13.7. The summed E-state index contributed by atoms with van der Waals surface area (Å²) in [6.07, 6.45) is 2.53. The summed E-state index contributed by atoms with van der Waals surface area (Å²) in [7, 11) is 0. The number of allylic oxidation sites excluding steroid dienone is 2. The zero-order valence-corrected chi connectivity index (χ0v) is 14.2. The Labute approximate surface area is 139 Å². The van der Waals surface area contributed by atoms with E-state index in [4.69, 9.17) is 5.11 Å². The third-order valence-corrected chi connectivity index (χ3v) is 5.06. The van der Waals surface area contributed by atoms with Gasteiger partial charge in [0.15, 0.2) is 11.6 Å². The van der Waals surface area contributed by atoms with Crippen molar-refractivity contribution in [1.29, 1.82) is 0 Å². The van der Waals surface area contributed by atoms with E-state index in [1.165, 1.54) is 4.88 Å². The van der Waals surface area contributed by atoms with Crippen LogP contribution in [0.4, 0.5) is 5.82 Å². The van der Waals surface area contributed by atoms with E-state index in [9.17, 15) is 4.79 Å². The fraction of sp³-hybridized carbons (Fsp3) is 0.412. The lowest BCUT2D eigenvalue weighted by Crippen LogP contribution is -2.26. The van der Waals surface area contributed by atoms with E-state index in [1.54, 1.807) is 18.3 Å². The maximum Gasteiger partial charge on any atom is 0.161 e. The summed E-state index contributed by atoms with van der Waals surface area (Å²) in [6.45, 7) is 3.95. The van der Waals surface area contributed by atoms with Gasteiger partial charge in [-0.1, -0.05) is 6.07 Å². The maximum absolute atomic E-state index is 12.5. The number of Topliss-reactive ketones (excluding diaryl/α,β-unsaturated/α-hetero) is 1. The first kappa shape index (κ1) is 16.0. The molecule has 0 fully saturated rings. The largest absolute Gasteiger partial charge is 0.397 e. The second-order valence-electron chi connectivity index (χ2n) is 5.67. The van der Waals surface area contributed by atoms with Gasteiger partial charge in [0.2, 0.25) is 0 Å². The molecule has 5 nitrogen and oxygen atoms in total. The van der Waals surface area contributed by atoms with Crippen LogP contribution in [0.1, 0.15) is 48.2 Å². The molecular weight excluding hydrogens is 310 g/mol. The molecule has 2 aromatic heterocycles. The van der Waals surface area contributed by atoms with Crippen LogP contribution in [0.3, 0.4) is 0 Å². The zero-order chi connectivity index (χ0) is 16.4. The summed E-state index contributed by atoms with van der Waals surface area (Å²) in [6, 6.07) is 4.16. The first-order valence-corrected chi connectivity index (χ1v) is 8.77. The van der Waals surface area contributed by atoms with Gasteiger partial charge in [0.1, 0.15) is 0 Å². The van der Waals surface area contributed by atoms with Crippen LogP contribution in [0, 0.1) is 6.92 Å². The summed E-state index contributed by atoms with van der Waals surface area (Å²) in [5.74, 6) is 1.21. The average Bonchev–Trinajstić information content (AvgIpc) is 3.17. The number of aromatic nitrogens is 2. The second kappa shape index (κ2) is 6.68. The minimum absolute atomic E-state index is 0.0489. The number of aromatic amines is 1. The van der Waals surface area contributed by atoms with Crippen LogP contribution in [0.25, 0.3) is 0 Å². The van der Waals surface area contributed by atoms with Crippen molar-refractivity contribution in [2.24, 2.45) is 0 Å². The zero-order valence-electron chi connectivity index (χ0n) is 13.3. The van der Waals surface area contributed by atoms with E-state index in [0.717, 1.165) is 41.2 Å². The number of nitrogens with one attached hydrogen (secondary N) is 2. The fourth-order valence-corrected chi connectivity index (χ4v) is 4.09. The molecule has 1 atom stereocenters. The number of fused-ring (bicyclic) bond motifs is 1. The molecule has 4 rings (SSSR count). The summed E-state index contributed by atoms with van der Waals surface area (Å²) in [5, 5.41) is 20.4. The van der Waals surface area contributed by atoms with Crippen LogP contribution in [0.5, 0.6) is 0 Å². The van der Waals surface area contributed by atoms with Crippen molar-refractivity contribution in [3.63, 3.8) is 0 Å². The van der Waals surface area contributed by atoms with Crippen LogP contribution in [0.2, 0.25) is 0 Å². The van der Waals surface area contributed by atoms with Crippen molar-refractivity contribution in [2.45, 2.75) is 39.0 Å². The van der Waals surface area contributed by atoms with E-state index >= 15 is 0 Å². The van der Waals surface area contributed by atoms with Gasteiger partial charge < -0.3 is 10.4 Å². The summed E-state index contributed by atoms with van der Waals surface area (Å²) >= 11 is 1.71. The molecule has 0 spiro atoms. The first-order valence-electron chi connectivity index (χ1n) is 7.89. The highest BCUT2D eigenvalue weighted by atomic mass is 32.1. The minimum atomic E-state index is 0.0489. The van der Waals surface area contributed by atoms with Gasteiger partial charge in [-0.05, 0) is 38.1 Å². The van der Waals surface area contributed by atoms with Crippen molar-refractivity contribution in [2.75, 3.05) is 11.9 Å². The monoisotopic (exact) mass is 331 g/mol. The molecule has 6 heteroatoms. The molecule has 122 valence electrons. The molecule has 0 saturated carbocycles. The standard InChI is InChI=1S/C15H15N3OS.C2H6O/c1-8-12-14(11-6-3-7-20-11)13-9(4-2-5-10(13)19)16-15(12)18-17-8;1-2-3/h3,6-7,14H,2,4-5H2,1H3,(H2,16,17,18);3H,2H2,1H3. The summed E-state index contributed by atoms with van der Waals surface area (Å²) in [5.41, 5.74) is 4.19. The van der Waals surface area contributed by atoms with Crippen molar-refractivity contribution in [1.82, 2.24) is 10.2 Å². The van der Waals surface area contributed by atoms with Gasteiger partial charge in [-0.3, -0.25) is 9.89 Å². The third kappa shape index (κ3) is 2.84. The normalized spacial score (nSPS) is 19.4. The molecule has 0 saturated heterocycles. The van der Waals surface area contributed by atoms with Gasteiger partial charge in [0.05, 0.1) is 5.92 Å². The summed E-state index contributed by atoms with van der Waals surface area (Å²) < 4.78 is 0. The average molecular weight is 331 g/mol. The SMILES string of the molecule is CCO.Cc1[nH]nc2c1C(c1cccs1)C1=C(CCCC1=O)N2. The number of aliphatic hydroxyl groups is 1. The van der Waals surface area contributed by atoms with Crippen LogP contribution in [0.15, 0.2) is 28.8 Å². The Hall–Kier alpha value is -1.92. The lowest BCUT2D eigenvalue weighted by atomic mass is 9.79. The first-order chi connectivity index (χ1) is 11.2. The molecule has 1 unspecified atom stereocenters. The highest BCUT2D eigenvalue weighted by molar-refractivity contribution is 7.10. The number of carbonyl (C=O) groups is 1. The topological polar surface area (TPSA) is 78.0 Å². The maximum atomic E-state index is 12.5. The van der Waals surface area contributed by atoms with Crippen molar-refractivity contribution < 1.29 is 9.90 Å². The lowest BCUT2D eigenvalue weighted by molar-refractivity contribution is -0.116. The number of nitrogens with zero attached hydrogens (tertiary/aromatic N) is 1. The van der Waals surface area contributed by atoms with E-state index in [-0.39, 0.29) is 18.3 Å². The van der Waals surface area contributed by atoms with Gasteiger partial charge in [0, 0.05) is 40.4 Å². The van der Waals surface area contributed by atoms with Gasteiger partial charge in [-0.15, -0.1) is 11.3 Å². The molecule has 1 aliphatic carbocycles. The molecular formula is C17H21N3O2S. The molecule has 2 aliphatic rings. The molecule has 0 bridgehead atoms. The number of thiophene rings is 1. The molecule has 0 radical (unpaired) electrons. The third-order valence-electron chi connectivity index (χ3n) is 4.13. The Morgan fingerprint density at radius 2 is 2.22 bits per heavy atom. The quantitative estimate of drug-likeness (QED) is 0.749. The van der Waals surface area contributed by atoms with Crippen LogP contribution < -0.4 is 5.32 Å². The number of aliphatic hydroxyl groups excluding tert-OH is 1. The Morgan fingerprint density at radius 1 is 1.43 bits per heavy atom. The van der Waals surface area contributed by atoms with E-state index in [0.29, 0.717) is 6.42 Å². The minimum Gasteiger partial charge on any atom is -0.397 e. The second-order valence-corrected chi connectivity index (χ2v) is 6.65. The number of carbonyl (C=O) groups excluding carboxylic acids is 1. The fourth-order valence-electron chi connectivity index (χ4n) is 3.24. The molecule has 1 aliphatic heterocycles. The number of anilines is 1. The molecule has 3 N–H and O–H groups in total. The van der Waals surface area contributed by atoms with Crippen molar-refractivity contribution in [3.8, 4) is 0 Å². The molecule has 0 aromatic carbocycles. The number of ketones is 1. The Kier molecular flexibility index (Phi) is 4.63. The van der Waals surface area contributed by atoms with E-state index in [2.05, 4.69) is 27.0 Å². The number of H-pyrrole nitrogens is 1. The van der Waals surface area contributed by atoms with Gasteiger partial charge in [-0.25, -0.2) is 0 Å². The lowest BCUT2D eigenvalue weighted by Gasteiger charge is -2.31. The Balaban J connectivity index is 0.000000485. The molecule has 0 amide bonds. The highest BCUT2D eigenvalue weighted by Gasteiger charge is 2.37. The Bertz CT molecular complexity index is 731. The van der Waals surface area contributed by atoms with Crippen LogP contribution >= 0.6 is 11.3 Å². The number of rotatable bonds is 1. The Morgan fingerprint density at radius 3 is 2.91 bits per heavy atom. The van der Waals surface area contributed by atoms with Crippen molar-refractivity contribution >= 4 is 22.9 Å². The number of aryl methyl sites for hydroxylation is 1. The highest BCUT2D eigenvalue weighted by Crippen LogP contribution is 2.46. The predicted molar refractivity (Wildman–Crippen MR) is 91.8 cm³/mol. The van der Waals surface area contributed by atoms with Crippen LogP contribution in [-0.4, -0.2) is 27.7 Å². The van der Waals surface area contributed by atoms with Crippen LogP contribution in [-0.2, 0) is 4.79 Å². The van der Waals surface area contributed by atoms with E-state index in [1.807, 2.05) is 13.0 Å². The number of hydrogen-bond donors (Lipinski definition) is 3. The predicted octanol–water partition coefficient (Wildman–Crippen LogP) is 3.34. The van der Waals surface area contributed by atoms with Gasteiger partial charge >= 0.3 is 0 Å². The number of hydrogen-bond acceptors (Lipinski definition) is 5. The van der Waals surface area contributed by atoms with Gasteiger partial charge in [0.25, 0.3) is 0 Å². The molecule has 3 heterocycles. The van der Waals surface area contributed by atoms with E-state index < -0.39 is 0 Å². The smallest absolute Gasteiger partial charge is 0.161 e. The van der Waals surface area contributed by atoms with Gasteiger partial charge in [-0.2, -0.15) is 5.10 Å². The molecule has 23 heavy (non-hydrogen) atoms.